The second kappa shape index (κ2) is 5.59. The highest BCUT2D eigenvalue weighted by atomic mass is 35.5. The lowest BCUT2D eigenvalue weighted by Crippen LogP contribution is -2.07. The second-order valence-corrected chi connectivity index (χ2v) is 5.31. The standard InChI is InChI=1S/C17H16ClNO/c1-13-3-2-4-16(11-13)20-10-9-19-8-7-14-12-15(18)5-6-17(14)19/h2-8,11-12H,9-10H2,1H3. The molecule has 3 aromatic rings. The zero-order valence-corrected chi connectivity index (χ0v) is 12.1. The van der Waals surface area contributed by atoms with Crippen LogP contribution in [0.5, 0.6) is 5.75 Å². The predicted octanol–water partition coefficient (Wildman–Crippen LogP) is 4.68. The van der Waals surface area contributed by atoms with Gasteiger partial charge in [0, 0.05) is 22.1 Å². The van der Waals surface area contributed by atoms with Crippen LogP contribution in [0.1, 0.15) is 5.56 Å². The van der Waals surface area contributed by atoms with Gasteiger partial charge in [-0.15, -0.1) is 0 Å². The highest BCUT2D eigenvalue weighted by Gasteiger charge is 2.02. The van der Waals surface area contributed by atoms with Gasteiger partial charge < -0.3 is 9.30 Å². The second-order valence-electron chi connectivity index (χ2n) is 4.88. The summed E-state index contributed by atoms with van der Waals surface area (Å²) in [7, 11) is 0. The number of aryl methyl sites for hydroxylation is 1. The lowest BCUT2D eigenvalue weighted by Gasteiger charge is -2.09. The van der Waals surface area contributed by atoms with E-state index in [1.807, 2.05) is 36.4 Å². The molecule has 1 aromatic heterocycles. The number of hydrogen-bond acceptors (Lipinski definition) is 1. The Kier molecular flexibility index (Phi) is 3.66. The molecule has 20 heavy (non-hydrogen) atoms. The molecule has 102 valence electrons. The van der Waals surface area contributed by atoms with E-state index in [0.29, 0.717) is 6.61 Å². The van der Waals surface area contributed by atoms with Crippen LogP contribution in [0, 0.1) is 6.92 Å². The molecule has 3 heteroatoms. The van der Waals surface area contributed by atoms with Gasteiger partial charge in [-0.1, -0.05) is 23.7 Å². The van der Waals surface area contributed by atoms with E-state index < -0.39 is 0 Å². The molecule has 0 fully saturated rings. The van der Waals surface area contributed by atoms with Crippen LogP contribution >= 0.6 is 11.6 Å². The van der Waals surface area contributed by atoms with E-state index in [9.17, 15) is 0 Å². The number of ether oxygens (including phenoxy) is 1. The fourth-order valence-corrected chi connectivity index (χ4v) is 2.51. The highest BCUT2D eigenvalue weighted by molar-refractivity contribution is 6.31. The number of fused-ring (bicyclic) bond motifs is 1. The van der Waals surface area contributed by atoms with Crippen LogP contribution < -0.4 is 4.74 Å². The Balaban J connectivity index is 1.68. The maximum absolute atomic E-state index is 5.99. The number of aromatic nitrogens is 1. The third-order valence-electron chi connectivity index (χ3n) is 3.32. The first-order valence-electron chi connectivity index (χ1n) is 6.66. The number of rotatable bonds is 4. The largest absolute Gasteiger partial charge is 0.492 e. The van der Waals surface area contributed by atoms with Crippen molar-refractivity contribution in [1.29, 1.82) is 0 Å². The van der Waals surface area contributed by atoms with E-state index in [0.717, 1.165) is 22.7 Å². The summed E-state index contributed by atoms with van der Waals surface area (Å²) in [6, 6.07) is 16.1. The van der Waals surface area contributed by atoms with Crippen LogP contribution in [0.15, 0.2) is 54.7 Å². The summed E-state index contributed by atoms with van der Waals surface area (Å²) >= 11 is 5.99. The summed E-state index contributed by atoms with van der Waals surface area (Å²) in [5, 5.41) is 1.93. The monoisotopic (exact) mass is 285 g/mol. The smallest absolute Gasteiger partial charge is 0.119 e. The van der Waals surface area contributed by atoms with Crippen LogP contribution in [-0.4, -0.2) is 11.2 Å². The highest BCUT2D eigenvalue weighted by Crippen LogP contribution is 2.20. The quantitative estimate of drug-likeness (QED) is 0.679. The van der Waals surface area contributed by atoms with Crippen LogP contribution in [0.4, 0.5) is 0 Å². The molecule has 0 aliphatic carbocycles. The van der Waals surface area contributed by atoms with Crippen LogP contribution in [-0.2, 0) is 6.54 Å². The molecule has 0 saturated carbocycles. The Morgan fingerprint density at radius 2 is 2.00 bits per heavy atom. The lowest BCUT2D eigenvalue weighted by molar-refractivity contribution is 0.300. The maximum atomic E-state index is 5.99. The zero-order valence-electron chi connectivity index (χ0n) is 11.3. The Labute approximate surface area is 123 Å². The minimum Gasteiger partial charge on any atom is -0.492 e. The molecule has 0 saturated heterocycles. The number of halogens is 1. The van der Waals surface area contributed by atoms with Crippen molar-refractivity contribution in [1.82, 2.24) is 4.57 Å². The van der Waals surface area contributed by atoms with Crippen molar-refractivity contribution in [3.8, 4) is 5.75 Å². The first-order chi connectivity index (χ1) is 9.72. The molecule has 0 aliphatic rings. The summed E-state index contributed by atoms with van der Waals surface area (Å²) in [5.41, 5.74) is 2.39. The van der Waals surface area contributed by atoms with Crippen molar-refractivity contribution >= 4 is 22.5 Å². The first-order valence-corrected chi connectivity index (χ1v) is 7.04. The Hall–Kier alpha value is -1.93. The molecule has 3 rings (SSSR count). The van der Waals surface area contributed by atoms with Crippen molar-refractivity contribution in [2.45, 2.75) is 13.5 Å². The van der Waals surface area contributed by atoms with Crippen molar-refractivity contribution in [3.63, 3.8) is 0 Å². The van der Waals surface area contributed by atoms with Gasteiger partial charge >= 0.3 is 0 Å². The van der Waals surface area contributed by atoms with Gasteiger partial charge in [-0.25, -0.2) is 0 Å². The van der Waals surface area contributed by atoms with Crippen molar-refractivity contribution < 1.29 is 4.74 Å². The van der Waals surface area contributed by atoms with Crippen LogP contribution in [0.2, 0.25) is 5.02 Å². The van der Waals surface area contributed by atoms with Gasteiger partial charge in [-0.2, -0.15) is 0 Å². The average molecular weight is 286 g/mol. The fourth-order valence-electron chi connectivity index (χ4n) is 2.33. The maximum Gasteiger partial charge on any atom is 0.119 e. The van der Waals surface area contributed by atoms with E-state index in [2.05, 4.69) is 29.8 Å². The average Bonchev–Trinajstić information content (AvgIpc) is 2.81. The first kappa shape index (κ1) is 13.1. The van der Waals surface area contributed by atoms with Gasteiger partial charge in [-0.05, 0) is 48.9 Å². The number of nitrogens with zero attached hydrogens (tertiary/aromatic N) is 1. The predicted molar refractivity (Wildman–Crippen MR) is 83.6 cm³/mol. The molecule has 0 unspecified atom stereocenters. The minimum absolute atomic E-state index is 0.649. The van der Waals surface area contributed by atoms with Gasteiger partial charge in [0.1, 0.15) is 12.4 Å². The third-order valence-corrected chi connectivity index (χ3v) is 3.56. The summed E-state index contributed by atoms with van der Waals surface area (Å²) in [4.78, 5) is 0. The number of hydrogen-bond donors (Lipinski definition) is 0. The van der Waals surface area contributed by atoms with E-state index in [4.69, 9.17) is 16.3 Å². The van der Waals surface area contributed by atoms with Crippen LogP contribution in [0.25, 0.3) is 10.9 Å². The molecule has 0 radical (unpaired) electrons. The third kappa shape index (κ3) is 2.81. The molecular formula is C17H16ClNO. The van der Waals surface area contributed by atoms with Crippen LogP contribution in [0.3, 0.4) is 0 Å². The Morgan fingerprint density at radius 3 is 2.85 bits per heavy atom. The molecule has 1 heterocycles. The van der Waals surface area contributed by atoms with E-state index in [1.54, 1.807) is 0 Å². The lowest BCUT2D eigenvalue weighted by atomic mass is 10.2. The van der Waals surface area contributed by atoms with E-state index in [1.165, 1.54) is 11.1 Å². The molecule has 0 aliphatic heterocycles. The van der Waals surface area contributed by atoms with Gasteiger partial charge in [0.2, 0.25) is 0 Å². The number of benzene rings is 2. The molecule has 0 N–H and O–H groups in total. The van der Waals surface area contributed by atoms with Gasteiger partial charge in [0.25, 0.3) is 0 Å². The van der Waals surface area contributed by atoms with E-state index >= 15 is 0 Å². The molecular weight excluding hydrogens is 270 g/mol. The van der Waals surface area contributed by atoms with Gasteiger partial charge in [-0.3, -0.25) is 0 Å². The van der Waals surface area contributed by atoms with Gasteiger partial charge in [0.05, 0.1) is 6.54 Å². The molecule has 0 atom stereocenters. The molecule has 0 amide bonds. The normalized spacial score (nSPS) is 10.9. The summed E-state index contributed by atoms with van der Waals surface area (Å²) < 4.78 is 7.97. The zero-order chi connectivity index (χ0) is 13.9. The molecule has 2 aromatic carbocycles. The van der Waals surface area contributed by atoms with Crippen molar-refractivity contribution in [3.05, 3.63) is 65.3 Å². The Morgan fingerprint density at radius 1 is 1.10 bits per heavy atom. The van der Waals surface area contributed by atoms with Crippen molar-refractivity contribution in [2.75, 3.05) is 6.61 Å². The molecule has 2 nitrogen and oxygen atoms in total. The summed E-state index contributed by atoms with van der Waals surface area (Å²) in [6.07, 6.45) is 2.07. The minimum atomic E-state index is 0.649. The SMILES string of the molecule is Cc1cccc(OCCn2ccc3cc(Cl)ccc32)c1. The summed E-state index contributed by atoms with van der Waals surface area (Å²) in [6.45, 7) is 3.53. The topological polar surface area (TPSA) is 14.2 Å². The van der Waals surface area contributed by atoms with E-state index in [-0.39, 0.29) is 0 Å². The Bertz CT molecular complexity index is 733. The molecule has 0 bridgehead atoms. The summed E-state index contributed by atoms with van der Waals surface area (Å²) in [5.74, 6) is 0.921. The molecule has 0 spiro atoms. The van der Waals surface area contributed by atoms with Gasteiger partial charge in [0.15, 0.2) is 0 Å². The fraction of sp³-hybridized carbons (Fsp3) is 0.176. The van der Waals surface area contributed by atoms with Crippen molar-refractivity contribution in [2.24, 2.45) is 0 Å².